The Kier molecular flexibility index (Phi) is 5.66. The van der Waals surface area contributed by atoms with Crippen LogP contribution in [0.2, 0.25) is 0 Å². The molecule has 1 aliphatic heterocycles. The molecular weight excluding hydrogens is 444 g/mol. The van der Waals surface area contributed by atoms with Gasteiger partial charge in [-0.05, 0) is 12.1 Å². The Morgan fingerprint density at radius 3 is 2.66 bits per heavy atom. The number of rotatable bonds is 6. The van der Waals surface area contributed by atoms with Gasteiger partial charge < -0.3 is 26.4 Å². The number of aromatic nitrogens is 4. The number of nitrogen functional groups attached to an aromatic ring is 2. The largest absolute Gasteiger partial charge is 0.398 e. The van der Waals surface area contributed by atoms with Gasteiger partial charge in [-0.25, -0.2) is 19.7 Å². The molecule has 1 saturated heterocycles. The summed E-state index contributed by atoms with van der Waals surface area (Å²) in [4.78, 5) is 24.1. The minimum absolute atomic E-state index is 0.0150. The van der Waals surface area contributed by atoms with Crippen molar-refractivity contribution in [3.63, 3.8) is 0 Å². The van der Waals surface area contributed by atoms with E-state index >= 15 is 0 Å². The van der Waals surface area contributed by atoms with Crippen LogP contribution in [0.5, 0.6) is 0 Å². The number of nitrogens with one attached hydrogen (secondary N) is 2. The number of imidazole rings is 1. The number of fused-ring (bicyclic) bond motifs is 1. The molecular formula is C17H20N8O6S. The number of nitrogens with two attached hydrogens (primary N) is 2. The number of carbonyl (C=O) groups excluding carboxylic acids is 1. The van der Waals surface area contributed by atoms with Gasteiger partial charge in [-0.2, -0.15) is 13.1 Å². The number of ether oxygens (including phenoxy) is 1. The molecule has 4 atom stereocenters. The lowest BCUT2D eigenvalue weighted by molar-refractivity contribution is -0.0330. The predicted molar refractivity (Wildman–Crippen MR) is 111 cm³/mol. The molecule has 170 valence electrons. The van der Waals surface area contributed by atoms with E-state index < -0.39 is 47.2 Å². The van der Waals surface area contributed by atoms with E-state index in [9.17, 15) is 23.4 Å². The van der Waals surface area contributed by atoms with Crippen molar-refractivity contribution in [3.8, 4) is 0 Å². The normalized spacial score (nSPS) is 23.4. The summed E-state index contributed by atoms with van der Waals surface area (Å²) in [7, 11) is -4.32. The third-order valence-electron chi connectivity index (χ3n) is 4.91. The molecule has 15 heteroatoms. The van der Waals surface area contributed by atoms with Gasteiger partial charge in [0, 0.05) is 12.2 Å². The van der Waals surface area contributed by atoms with E-state index in [1.54, 1.807) is 6.07 Å². The number of amides is 1. The Hall–Kier alpha value is -3.37. The first kappa shape index (κ1) is 21.8. The molecule has 14 nitrogen and oxygen atoms in total. The molecule has 1 aromatic carbocycles. The molecule has 0 aliphatic carbocycles. The van der Waals surface area contributed by atoms with Crippen LogP contribution >= 0.6 is 0 Å². The maximum atomic E-state index is 12.3. The monoisotopic (exact) mass is 464 g/mol. The number of benzene rings is 1. The third kappa shape index (κ3) is 4.06. The van der Waals surface area contributed by atoms with E-state index in [1.807, 2.05) is 4.72 Å². The van der Waals surface area contributed by atoms with E-state index in [-0.39, 0.29) is 28.2 Å². The van der Waals surface area contributed by atoms with Crippen molar-refractivity contribution in [2.24, 2.45) is 0 Å². The molecule has 1 aliphatic rings. The van der Waals surface area contributed by atoms with Gasteiger partial charge in [-0.15, -0.1) is 0 Å². The minimum atomic E-state index is -4.32. The van der Waals surface area contributed by atoms with Crippen LogP contribution in [0.25, 0.3) is 11.2 Å². The van der Waals surface area contributed by atoms with Crippen LogP contribution in [0.15, 0.2) is 36.9 Å². The van der Waals surface area contributed by atoms with Crippen LogP contribution in [0.3, 0.4) is 0 Å². The highest BCUT2D eigenvalue weighted by molar-refractivity contribution is 7.88. The molecule has 1 fully saturated rings. The quantitative estimate of drug-likeness (QED) is 0.216. The standard InChI is InChI=1S/C17H20N8O6S/c18-9-4-2-1-3-8(9)16(28)24-32(29,30)23-5-10-12(26)13(27)17(31-10)25-7-22-11-14(19)20-6-21-15(11)25/h1-4,6-7,10,12-13,17,23,26-27H,5,18H2,(H,24,28)(H2,19,20,21)/t10-,12-,13-,17-/m1/s1. The van der Waals surface area contributed by atoms with Gasteiger partial charge in [0.15, 0.2) is 17.7 Å². The van der Waals surface area contributed by atoms with Gasteiger partial charge in [-0.1, -0.05) is 12.1 Å². The highest BCUT2D eigenvalue weighted by Gasteiger charge is 2.44. The predicted octanol–water partition coefficient (Wildman–Crippen LogP) is -2.13. The molecule has 0 unspecified atom stereocenters. The second-order valence-corrected chi connectivity index (χ2v) is 8.50. The van der Waals surface area contributed by atoms with Gasteiger partial charge in [0.2, 0.25) is 0 Å². The fourth-order valence-electron chi connectivity index (χ4n) is 3.29. The zero-order valence-electron chi connectivity index (χ0n) is 16.4. The van der Waals surface area contributed by atoms with Gasteiger partial charge in [-0.3, -0.25) is 9.36 Å². The number of nitrogens with zero attached hydrogens (tertiary/aromatic N) is 4. The Balaban J connectivity index is 1.44. The van der Waals surface area contributed by atoms with Crippen molar-refractivity contribution in [1.29, 1.82) is 0 Å². The van der Waals surface area contributed by atoms with Crippen molar-refractivity contribution in [2.45, 2.75) is 24.5 Å². The smallest absolute Gasteiger partial charge is 0.301 e. The number of hydrogen-bond acceptors (Lipinski definition) is 11. The fourth-order valence-corrected chi connectivity index (χ4v) is 4.10. The van der Waals surface area contributed by atoms with E-state index in [4.69, 9.17) is 16.2 Å². The molecule has 0 saturated carbocycles. The van der Waals surface area contributed by atoms with Gasteiger partial charge >= 0.3 is 10.2 Å². The molecule has 3 aromatic rings. The average Bonchev–Trinajstić information content (AvgIpc) is 3.29. The Labute approximate surface area is 181 Å². The van der Waals surface area contributed by atoms with Crippen molar-refractivity contribution >= 4 is 38.8 Å². The first-order valence-corrected chi connectivity index (χ1v) is 10.8. The van der Waals surface area contributed by atoms with E-state index in [1.165, 1.54) is 35.4 Å². The van der Waals surface area contributed by atoms with Crippen LogP contribution in [0.4, 0.5) is 11.5 Å². The molecule has 8 N–H and O–H groups in total. The maximum absolute atomic E-state index is 12.3. The van der Waals surface area contributed by atoms with Crippen LogP contribution in [-0.2, 0) is 14.9 Å². The van der Waals surface area contributed by atoms with E-state index in [2.05, 4.69) is 19.7 Å². The van der Waals surface area contributed by atoms with Crippen molar-refractivity contribution in [3.05, 3.63) is 42.5 Å². The zero-order valence-corrected chi connectivity index (χ0v) is 17.2. The molecule has 0 spiro atoms. The topological polar surface area (TPSA) is 221 Å². The number of hydrogen-bond donors (Lipinski definition) is 6. The summed E-state index contributed by atoms with van der Waals surface area (Å²) in [5, 5.41) is 20.8. The summed E-state index contributed by atoms with van der Waals surface area (Å²) in [5.74, 6) is -0.801. The van der Waals surface area contributed by atoms with E-state index in [0.29, 0.717) is 0 Å². The molecule has 2 aromatic heterocycles. The molecule has 3 heterocycles. The highest BCUT2D eigenvalue weighted by Crippen LogP contribution is 2.31. The first-order valence-electron chi connectivity index (χ1n) is 9.29. The Morgan fingerprint density at radius 1 is 1.16 bits per heavy atom. The fraction of sp³-hybridized carbons (Fsp3) is 0.294. The Morgan fingerprint density at radius 2 is 1.91 bits per heavy atom. The second-order valence-electron chi connectivity index (χ2n) is 7.00. The summed E-state index contributed by atoms with van der Waals surface area (Å²) in [6.07, 6.45) is -2.59. The third-order valence-corrected chi connectivity index (χ3v) is 5.91. The number of para-hydroxylation sites is 1. The summed E-state index contributed by atoms with van der Waals surface area (Å²) in [6.45, 7) is -0.439. The summed E-state index contributed by atoms with van der Waals surface area (Å²) in [6, 6.07) is 5.96. The second kappa shape index (κ2) is 8.29. The van der Waals surface area contributed by atoms with E-state index in [0.717, 1.165) is 0 Å². The van der Waals surface area contributed by atoms with Gasteiger partial charge in [0.1, 0.15) is 30.2 Å². The SMILES string of the molecule is Nc1ccccc1C(=O)NS(=O)(=O)NC[C@H]1O[C@@H](n2cnc3c(N)ncnc32)[C@H](O)[C@@H]1O. The lowest BCUT2D eigenvalue weighted by Crippen LogP contribution is -2.45. The highest BCUT2D eigenvalue weighted by atomic mass is 32.2. The molecule has 32 heavy (non-hydrogen) atoms. The van der Waals surface area contributed by atoms with Gasteiger partial charge in [0.25, 0.3) is 5.91 Å². The van der Waals surface area contributed by atoms with Crippen LogP contribution in [0, 0.1) is 0 Å². The van der Waals surface area contributed by atoms with Gasteiger partial charge in [0.05, 0.1) is 11.9 Å². The van der Waals surface area contributed by atoms with Crippen molar-refractivity contribution in [1.82, 2.24) is 29.0 Å². The zero-order chi connectivity index (χ0) is 23.0. The summed E-state index contributed by atoms with van der Waals surface area (Å²) >= 11 is 0. The van der Waals surface area contributed by atoms with Crippen LogP contribution in [-0.4, -0.2) is 68.9 Å². The van der Waals surface area contributed by atoms with Crippen LogP contribution in [0.1, 0.15) is 16.6 Å². The molecule has 1 amide bonds. The molecule has 0 radical (unpaired) electrons. The number of aliphatic hydroxyl groups is 2. The number of aliphatic hydroxyl groups excluding tert-OH is 2. The maximum Gasteiger partial charge on any atom is 0.301 e. The molecule has 4 rings (SSSR count). The minimum Gasteiger partial charge on any atom is -0.398 e. The molecule has 0 bridgehead atoms. The summed E-state index contributed by atoms with van der Waals surface area (Å²) < 4.78 is 35.5. The lowest BCUT2D eigenvalue weighted by atomic mass is 10.1. The average molecular weight is 464 g/mol. The number of carbonyl (C=O) groups is 1. The lowest BCUT2D eigenvalue weighted by Gasteiger charge is -2.16. The number of anilines is 2. The van der Waals surface area contributed by atoms with Crippen molar-refractivity contribution in [2.75, 3.05) is 18.0 Å². The van der Waals surface area contributed by atoms with Crippen molar-refractivity contribution < 1.29 is 28.2 Å². The summed E-state index contributed by atoms with van der Waals surface area (Å²) in [5.41, 5.74) is 12.1. The Bertz CT molecular complexity index is 1260. The first-order chi connectivity index (χ1) is 15.2. The van der Waals surface area contributed by atoms with Crippen LogP contribution < -0.4 is 20.9 Å².